The van der Waals surface area contributed by atoms with Crippen molar-refractivity contribution in [3.8, 4) is 0 Å². The fourth-order valence-electron chi connectivity index (χ4n) is 3.18. The van der Waals surface area contributed by atoms with Crippen LogP contribution in [0.1, 0.15) is 77.6 Å². The molecule has 0 heterocycles. The Morgan fingerprint density at radius 3 is 1.97 bits per heavy atom. The van der Waals surface area contributed by atoms with E-state index in [1.165, 1.54) is 44.9 Å². The summed E-state index contributed by atoms with van der Waals surface area (Å²) in [6, 6.07) is 9.36. The second-order valence-electron chi connectivity index (χ2n) is 7.49. The molecule has 6 heteroatoms. The van der Waals surface area contributed by atoms with Gasteiger partial charge in [0.1, 0.15) is 6.61 Å². The van der Waals surface area contributed by atoms with E-state index in [4.69, 9.17) is 9.47 Å². The second kappa shape index (κ2) is 18.9. The molecule has 0 aliphatic heterocycles. The molecule has 0 aliphatic rings. The molecule has 30 heavy (non-hydrogen) atoms. The van der Waals surface area contributed by atoms with E-state index in [0.717, 1.165) is 37.9 Å². The Labute approximate surface area is 182 Å². The summed E-state index contributed by atoms with van der Waals surface area (Å²) < 4.78 is 10.1. The van der Waals surface area contributed by atoms with Crippen molar-refractivity contribution < 1.29 is 19.1 Å². The smallest absolute Gasteiger partial charge is 0.332 e. The number of unbranched alkanes of at least 4 members (excludes halogenated alkanes) is 10. The fourth-order valence-corrected chi connectivity index (χ4v) is 3.18. The lowest BCUT2D eigenvalue weighted by Gasteiger charge is -2.07. The number of hydrogen-bond donors (Lipinski definition) is 2. The SMILES string of the molecule is CCOC(=O)COCCCCCCCCCCCCCNC(=O)Nc1ccccc1. The normalized spacial score (nSPS) is 10.6. The molecule has 1 aromatic rings. The summed E-state index contributed by atoms with van der Waals surface area (Å²) in [6.07, 6.45) is 13.3. The zero-order chi connectivity index (χ0) is 21.7. The minimum absolute atomic E-state index is 0.0742. The Morgan fingerprint density at radius 1 is 0.800 bits per heavy atom. The van der Waals surface area contributed by atoms with Gasteiger partial charge in [-0.3, -0.25) is 0 Å². The van der Waals surface area contributed by atoms with Crippen LogP contribution in [0.5, 0.6) is 0 Å². The van der Waals surface area contributed by atoms with Crippen LogP contribution in [0, 0.1) is 0 Å². The summed E-state index contributed by atoms with van der Waals surface area (Å²) in [5, 5.41) is 5.73. The Kier molecular flexibility index (Phi) is 16.4. The lowest BCUT2D eigenvalue weighted by atomic mass is 10.1. The lowest BCUT2D eigenvalue weighted by molar-refractivity contribution is -0.148. The van der Waals surface area contributed by atoms with Gasteiger partial charge >= 0.3 is 12.0 Å². The largest absolute Gasteiger partial charge is 0.464 e. The first-order valence-corrected chi connectivity index (χ1v) is 11.6. The first-order chi connectivity index (χ1) is 14.7. The van der Waals surface area contributed by atoms with E-state index in [2.05, 4.69) is 10.6 Å². The van der Waals surface area contributed by atoms with Crippen LogP contribution in [-0.2, 0) is 14.3 Å². The maximum absolute atomic E-state index is 11.7. The average Bonchev–Trinajstić information content (AvgIpc) is 2.74. The molecule has 0 radical (unpaired) electrons. The van der Waals surface area contributed by atoms with E-state index >= 15 is 0 Å². The Morgan fingerprint density at radius 2 is 1.37 bits per heavy atom. The molecular formula is C24H40N2O4. The molecule has 1 rings (SSSR count). The van der Waals surface area contributed by atoms with Crippen molar-refractivity contribution in [3.05, 3.63) is 30.3 Å². The highest BCUT2D eigenvalue weighted by atomic mass is 16.6. The van der Waals surface area contributed by atoms with Gasteiger partial charge in [-0.15, -0.1) is 0 Å². The quantitative estimate of drug-likeness (QED) is 0.237. The summed E-state index contributed by atoms with van der Waals surface area (Å²) in [7, 11) is 0. The molecule has 1 aromatic carbocycles. The zero-order valence-electron chi connectivity index (χ0n) is 18.6. The topological polar surface area (TPSA) is 76.7 Å². The molecule has 0 spiro atoms. The minimum Gasteiger partial charge on any atom is -0.464 e. The molecule has 2 amide bonds. The number of carbonyl (C=O) groups excluding carboxylic acids is 2. The highest BCUT2D eigenvalue weighted by Crippen LogP contribution is 2.11. The van der Waals surface area contributed by atoms with Crippen molar-refractivity contribution in [2.24, 2.45) is 0 Å². The van der Waals surface area contributed by atoms with Crippen LogP contribution in [-0.4, -0.2) is 38.4 Å². The van der Waals surface area contributed by atoms with Crippen LogP contribution in [0.4, 0.5) is 10.5 Å². The van der Waals surface area contributed by atoms with E-state index in [9.17, 15) is 9.59 Å². The third kappa shape index (κ3) is 15.8. The highest BCUT2D eigenvalue weighted by Gasteiger charge is 2.01. The lowest BCUT2D eigenvalue weighted by Crippen LogP contribution is -2.29. The van der Waals surface area contributed by atoms with E-state index in [1.54, 1.807) is 6.92 Å². The number of anilines is 1. The highest BCUT2D eigenvalue weighted by molar-refractivity contribution is 5.89. The number of hydrogen-bond acceptors (Lipinski definition) is 4. The summed E-state index contributed by atoms with van der Waals surface area (Å²) in [6.45, 7) is 3.65. The third-order valence-electron chi connectivity index (χ3n) is 4.81. The predicted molar refractivity (Wildman–Crippen MR) is 122 cm³/mol. The molecule has 0 saturated carbocycles. The summed E-state index contributed by atoms with van der Waals surface area (Å²) in [4.78, 5) is 22.8. The van der Waals surface area contributed by atoms with E-state index < -0.39 is 0 Å². The van der Waals surface area contributed by atoms with Crippen molar-refractivity contribution >= 4 is 17.7 Å². The molecule has 2 N–H and O–H groups in total. The van der Waals surface area contributed by atoms with E-state index in [-0.39, 0.29) is 18.6 Å². The first-order valence-electron chi connectivity index (χ1n) is 11.6. The summed E-state index contributed by atoms with van der Waals surface area (Å²) in [5.74, 6) is -0.276. The van der Waals surface area contributed by atoms with Crippen molar-refractivity contribution in [2.45, 2.75) is 77.6 Å². The molecule has 0 unspecified atom stereocenters. The summed E-state index contributed by atoms with van der Waals surface area (Å²) >= 11 is 0. The van der Waals surface area contributed by atoms with Crippen LogP contribution in [0.15, 0.2) is 30.3 Å². The van der Waals surface area contributed by atoms with Gasteiger partial charge in [0.15, 0.2) is 0 Å². The van der Waals surface area contributed by atoms with E-state index in [0.29, 0.717) is 13.2 Å². The number of para-hydroxylation sites is 1. The van der Waals surface area contributed by atoms with Crippen molar-refractivity contribution in [2.75, 3.05) is 31.7 Å². The molecule has 0 bridgehead atoms. The van der Waals surface area contributed by atoms with Gasteiger partial charge in [0.25, 0.3) is 0 Å². The Hall–Kier alpha value is -2.08. The summed E-state index contributed by atoms with van der Waals surface area (Å²) in [5.41, 5.74) is 0.817. The Bertz CT molecular complexity index is 551. The maximum Gasteiger partial charge on any atom is 0.332 e. The van der Waals surface area contributed by atoms with Crippen molar-refractivity contribution in [1.82, 2.24) is 5.32 Å². The van der Waals surface area contributed by atoms with Gasteiger partial charge in [0.05, 0.1) is 6.61 Å². The first kappa shape index (κ1) is 26.0. The molecule has 6 nitrogen and oxygen atoms in total. The standard InChI is InChI=1S/C24H40N2O4/c1-2-30-23(27)21-29-20-16-11-9-7-5-3-4-6-8-10-15-19-25-24(28)26-22-17-13-12-14-18-22/h12-14,17-18H,2-11,15-16,19-21H2,1H3,(H2,25,26,28). The van der Waals surface area contributed by atoms with Gasteiger partial charge in [0, 0.05) is 18.8 Å². The molecular weight excluding hydrogens is 380 g/mol. The zero-order valence-corrected chi connectivity index (χ0v) is 18.6. The van der Waals surface area contributed by atoms with Crippen LogP contribution in [0.25, 0.3) is 0 Å². The fraction of sp³-hybridized carbons (Fsp3) is 0.667. The molecule has 170 valence electrons. The van der Waals surface area contributed by atoms with Gasteiger partial charge in [-0.1, -0.05) is 76.0 Å². The number of urea groups is 1. The number of esters is 1. The van der Waals surface area contributed by atoms with Gasteiger partial charge in [-0.25, -0.2) is 9.59 Å². The molecule has 0 atom stereocenters. The number of nitrogens with one attached hydrogen (secondary N) is 2. The average molecular weight is 421 g/mol. The van der Waals surface area contributed by atoms with Gasteiger partial charge in [-0.2, -0.15) is 0 Å². The van der Waals surface area contributed by atoms with Crippen molar-refractivity contribution in [3.63, 3.8) is 0 Å². The van der Waals surface area contributed by atoms with Crippen LogP contribution < -0.4 is 10.6 Å². The third-order valence-corrected chi connectivity index (χ3v) is 4.81. The number of ether oxygens (including phenoxy) is 2. The number of benzene rings is 1. The number of carbonyl (C=O) groups is 2. The van der Waals surface area contributed by atoms with Crippen LogP contribution >= 0.6 is 0 Å². The van der Waals surface area contributed by atoms with Crippen LogP contribution in [0.3, 0.4) is 0 Å². The molecule has 0 aliphatic carbocycles. The minimum atomic E-state index is -0.276. The van der Waals surface area contributed by atoms with Gasteiger partial charge in [-0.05, 0) is 31.9 Å². The maximum atomic E-state index is 11.7. The second-order valence-corrected chi connectivity index (χ2v) is 7.49. The molecule has 0 fully saturated rings. The number of rotatable bonds is 18. The van der Waals surface area contributed by atoms with Gasteiger partial charge in [0.2, 0.25) is 0 Å². The van der Waals surface area contributed by atoms with E-state index in [1.807, 2.05) is 30.3 Å². The monoisotopic (exact) mass is 420 g/mol. The van der Waals surface area contributed by atoms with Crippen LogP contribution in [0.2, 0.25) is 0 Å². The van der Waals surface area contributed by atoms with Gasteiger partial charge < -0.3 is 20.1 Å². The predicted octanol–water partition coefficient (Wildman–Crippen LogP) is 5.68. The molecule has 0 aromatic heterocycles. The number of amides is 2. The Balaban J connectivity index is 1.75. The van der Waals surface area contributed by atoms with Crippen molar-refractivity contribution in [1.29, 1.82) is 0 Å². The molecule has 0 saturated heterocycles.